The number of nitro benzene ring substituents is 1. The molecule has 1 aromatic carbocycles. The number of alkyl halides is 1. The number of halogens is 2. The van der Waals surface area contributed by atoms with Crippen molar-refractivity contribution in [3.63, 3.8) is 0 Å². The third kappa shape index (κ3) is 2.45. The predicted molar refractivity (Wildman–Crippen MR) is 60.6 cm³/mol. The van der Waals surface area contributed by atoms with E-state index < -0.39 is 16.1 Å². The molecule has 1 aromatic heterocycles. The highest BCUT2D eigenvalue weighted by molar-refractivity contribution is 6.20. The van der Waals surface area contributed by atoms with Crippen LogP contribution in [0.5, 0.6) is 0 Å². The van der Waals surface area contributed by atoms with Crippen molar-refractivity contribution >= 4 is 17.3 Å². The Kier molecular flexibility index (Phi) is 3.24. The Balaban J connectivity index is 2.46. The van der Waals surface area contributed by atoms with E-state index >= 15 is 0 Å². The van der Waals surface area contributed by atoms with Gasteiger partial charge in [-0.2, -0.15) is 4.98 Å². The molecule has 2 rings (SSSR count). The number of nitrogens with zero attached hydrogens (tertiary/aromatic N) is 3. The number of hydrogen-bond donors (Lipinski definition) is 0. The maximum absolute atomic E-state index is 13.2. The maximum Gasteiger partial charge on any atom is 0.273 e. The van der Waals surface area contributed by atoms with Crippen LogP contribution in [0.3, 0.4) is 0 Å². The van der Waals surface area contributed by atoms with Gasteiger partial charge in [-0.1, -0.05) is 5.16 Å². The van der Waals surface area contributed by atoms with Gasteiger partial charge in [0.15, 0.2) is 5.82 Å². The van der Waals surface area contributed by atoms with Crippen molar-refractivity contribution in [1.82, 2.24) is 10.1 Å². The Bertz CT molecular complexity index is 600. The molecule has 0 N–H and O–H groups in total. The molecule has 0 bridgehead atoms. The lowest BCUT2D eigenvalue weighted by Crippen LogP contribution is -1.91. The summed E-state index contributed by atoms with van der Waals surface area (Å²) in [7, 11) is 0. The van der Waals surface area contributed by atoms with Crippen molar-refractivity contribution in [3.8, 4) is 11.5 Å². The minimum atomic E-state index is -0.752. The minimum absolute atomic E-state index is 0.0138. The Morgan fingerprint density at radius 1 is 1.50 bits per heavy atom. The largest absolute Gasteiger partial charge is 0.334 e. The first kappa shape index (κ1) is 12.4. The van der Waals surface area contributed by atoms with Gasteiger partial charge >= 0.3 is 0 Å². The molecular formula is C10H7ClFN3O3. The third-order valence-corrected chi connectivity index (χ3v) is 2.33. The van der Waals surface area contributed by atoms with Gasteiger partial charge in [-0.05, 0) is 13.0 Å². The van der Waals surface area contributed by atoms with Crippen LogP contribution in [-0.2, 0) is 0 Å². The summed E-state index contributed by atoms with van der Waals surface area (Å²) in [6.45, 7) is 1.64. The van der Waals surface area contributed by atoms with Crippen molar-refractivity contribution in [2.45, 2.75) is 12.3 Å². The highest BCUT2D eigenvalue weighted by atomic mass is 35.5. The molecule has 0 radical (unpaired) electrons. The zero-order chi connectivity index (χ0) is 13.3. The van der Waals surface area contributed by atoms with Crippen LogP contribution in [0.25, 0.3) is 11.5 Å². The van der Waals surface area contributed by atoms with Gasteiger partial charge in [-0.3, -0.25) is 10.1 Å². The monoisotopic (exact) mass is 271 g/mol. The Morgan fingerprint density at radius 3 is 2.78 bits per heavy atom. The first-order valence-electron chi connectivity index (χ1n) is 4.90. The minimum Gasteiger partial charge on any atom is -0.334 e. The van der Waals surface area contributed by atoms with E-state index in [-0.39, 0.29) is 23.0 Å². The number of aromatic nitrogens is 2. The SMILES string of the molecule is CC(Cl)c1noc(-c2cc(F)cc([N+](=O)[O-])c2)n1. The third-order valence-electron chi connectivity index (χ3n) is 2.14. The second-order valence-corrected chi connectivity index (χ2v) is 4.18. The van der Waals surface area contributed by atoms with Crippen molar-refractivity contribution in [3.05, 3.63) is 40.0 Å². The molecule has 0 spiro atoms. The summed E-state index contributed by atoms with van der Waals surface area (Å²) >= 11 is 5.75. The second kappa shape index (κ2) is 4.69. The molecular weight excluding hydrogens is 265 g/mol. The molecule has 1 atom stereocenters. The van der Waals surface area contributed by atoms with E-state index in [1.807, 2.05) is 0 Å². The number of hydrogen-bond acceptors (Lipinski definition) is 5. The van der Waals surface area contributed by atoms with Crippen LogP contribution < -0.4 is 0 Å². The lowest BCUT2D eigenvalue weighted by atomic mass is 10.2. The molecule has 18 heavy (non-hydrogen) atoms. The molecule has 0 aliphatic heterocycles. The van der Waals surface area contributed by atoms with Crippen LogP contribution in [0.15, 0.2) is 22.7 Å². The average Bonchev–Trinajstić information content (AvgIpc) is 2.77. The van der Waals surface area contributed by atoms with Gasteiger partial charge in [-0.15, -0.1) is 11.6 Å². The molecule has 2 aromatic rings. The van der Waals surface area contributed by atoms with E-state index in [1.54, 1.807) is 6.92 Å². The zero-order valence-corrected chi connectivity index (χ0v) is 9.89. The molecule has 0 saturated heterocycles. The number of benzene rings is 1. The number of rotatable bonds is 3. The molecule has 0 fully saturated rings. The fourth-order valence-electron chi connectivity index (χ4n) is 1.32. The van der Waals surface area contributed by atoms with E-state index in [4.69, 9.17) is 16.1 Å². The number of non-ortho nitro benzene ring substituents is 1. The lowest BCUT2D eigenvalue weighted by molar-refractivity contribution is -0.385. The summed E-state index contributed by atoms with van der Waals surface area (Å²) in [5, 5.41) is 13.7. The van der Waals surface area contributed by atoms with Gasteiger partial charge in [0.1, 0.15) is 5.82 Å². The summed E-state index contributed by atoms with van der Waals surface area (Å²) in [5.74, 6) is -0.531. The Morgan fingerprint density at radius 2 is 2.22 bits per heavy atom. The standard InChI is InChI=1S/C10H7ClFN3O3/c1-5(11)9-13-10(18-14-9)6-2-7(12)4-8(3-6)15(16)17/h2-5H,1H3. The first-order valence-corrected chi connectivity index (χ1v) is 5.34. The highest BCUT2D eigenvalue weighted by Gasteiger charge is 2.17. The summed E-state index contributed by atoms with van der Waals surface area (Å²) in [6.07, 6.45) is 0. The first-order chi connectivity index (χ1) is 8.47. The van der Waals surface area contributed by atoms with Gasteiger partial charge in [0.2, 0.25) is 0 Å². The van der Waals surface area contributed by atoms with Crippen molar-refractivity contribution in [2.24, 2.45) is 0 Å². The van der Waals surface area contributed by atoms with Gasteiger partial charge in [0, 0.05) is 11.6 Å². The van der Waals surface area contributed by atoms with Crippen molar-refractivity contribution in [2.75, 3.05) is 0 Å². The molecule has 1 heterocycles. The van der Waals surface area contributed by atoms with Crippen LogP contribution >= 0.6 is 11.6 Å². The van der Waals surface area contributed by atoms with E-state index in [2.05, 4.69) is 10.1 Å². The topological polar surface area (TPSA) is 82.1 Å². The van der Waals surface area contributed by atoms with E-state index in [0.717, 1.165) is 18.2 Å². The highest BCUT2D eigenvalue weighted by Crippen LogP contribution is 2.26. The van der Waals surface area contributed by atoms with Crippen LogP contribution in [0.2, 0.25) is 0 Å². The molecule has 0 amide bonds. The van der Waals surface area contributed by atoms with Crippen LogP contribution in [0.1, 0.15) is 18.1 Å². The molecule has 1 unspecified atom stereocenters. The molecule has 8 heteroatoms. The summed E-state index contributed by atoms with van der Waals surface area (Å²) in [4.78, 5) is 13.8. The van der Waals surface area contributed by atoms with Crippen LogP contribution in [-0.4, -0.2) is 15.1 Å². The van der Waals surface area contributed by atoms with Crippen molar-refractivity contribution < 1.29 is 13.8 Å². The smallest absolute Gasteiger partial charge is 0.273 e. The summed E-state index contributed by atoms with van der Waals surface area (Å²) < 4.78 is 18.1. The maximum atomic E-state index is 13.2. The van der Waals surface area contributed by atoms with E-state index in [1.165, 1.54) is 0 Å². The molecule has 0 saturated carbocycles. The Labute approximate surface area is 106 Å². The van der Waals surface area contributed by atoms with E-state index in [0.29, 0.717) is 0 Å². The fourth-order valence-corrected chi connectivity index (χ4v) is 1.41. The lowest BCUT2D eigenvalue weighted by Gasteiger charge is -1.96. The van der Waals surface area contributed by atoms with Crippen LogP contribution in [0.4, 0.5) is 10.1 Å². The quantitative estimate of drug-likeness (QED) is 0.487. The van der Waals surface area contributed by atoms with E-state index in [9.17, 15) is 14.5 Å². The molecule has 0 aliphatic rings. The fraction of sp³-hybridized carbons (Fsp3) is 0.200. The summed E-state index contributed by atoms with van der Waals surface area (Å²) in [6, 6.07) is 3.04. The average molecular weight is 272 g/mol. The van der Waals surface area contributed by atoms with Gasteiger partial charge in [-0.25, -0.2) is 4.39 Å². The van der Waals surface area contributed by atoms with Crippen molar-refractivity contribution in [1.29, 1.82) is 0 Å². The zero-order valence-electron chi connectivity index (χ0n) is 9.13. The normalized spacial score (nSPS) is 12.4. The van der Waals surface area contributed by atoms with Gasteiger partial charge in [0.25, 0.3) is 11.6 Å². The van der Waals surface area contributed by atoms with Gasteiger partial charge in [0.05, 0.1) is 16.4 Å². The molecule has 0 aliphatic carbocycles. The van der Waals surface area contributed by atoms with Gasteiger partial charge < -0.3 is 4.52 Å². The molecule has 6 nitrogen and oxygen atoms in total. The van der Waals surface area contributed by atoms with Crippen LogP contribution in [0, 0.1) is 15.9 Å². The molecule has 94 valence electrons. The summed E-state index contributed by atoms with van der Waals surface area (Å²) in [5.41, 5.74) is -0.249. The Hall–Kier alpha value is -2.02. The second-order valence-electron chi connectivity index (χ2n) is 3.53. The predicted octanol–water partition coefficient (Wildman–Crippen LogP) is 3.08. The number of nitro groups is 1.